The summed E-state index contributed by atoms with van der Waals surface area (Å²) in [7, 11) is 1.74. The zero-order valence-corrected chi connectivity index (χ0v) is 16.5. The van der Waals surface area contributed by atoms with Gasteiger partial charge in [0.15, 0.2) is 11.6 Å². The summed E-state index contributed by atoms with van der Waals surface area (Å²) in [5.74, 6) is 0.486. The Kier molecular flexibility index (Phi) is 4.33. The number of aryl methyl sites for hydroxylation is 1. The normalized spacial score (nSPS) is 15.7. The Hall–Kier alpha value is -3.69. The summed E-state index contributed by atoms with van der Waals surface area (Å²) in [5.41, 5.74) is 6.41. The van der Waals surface area contributed by atoms with E-state index >= 15 is 0 Å². The SMILES string of the molecule is Cn1cc(NC(=O)c2cccc(-n3cc(N)cn3)n2)c(N2CCC(C)(C)C2=O)n1. The number of nitrogen functional groups attached to an aromatic ring is 1. The van der Waals surface area contributed by atoms with E-state index in [4.69, 9.17) is 5.73 Å². The number of hydrogen-bond acceptors (Lipinski definition) is 6. The molecule has 1 aliphatic heterocycles. The second-order valence-electron chi connectivity index (χ2n) is 7.68. The average molecular weight is 394 g/mol. The fourth-order valence-electron chi connectivity index (χ4n) is 3.26. The number of aromatic nitrogens is 5. The van der Waals surface area contributed by atoms with Gasteiger partial charge < -0.3 is 11.1 Å². The van der Waals surface area contributed by atoms with Crippen molar-refractivity contribution in [3.05, 3.63) is 42.5 Å². The highest BCUT2D eigenvalue weighted by Crippen LogP contribution is 2.36. The molecule has 0 unspecified atom stereocenters. The first-order chi connectivity index (χ1) is 13.7. The Morgan fingerprint density at radius 3 is 2.72 bits per heavy atom. The van der Waals surface area contributed by atoms with Gasteiger partial charge in [-0.25, -0.2) is 9.67 Å². The number of pyridine rings is 1. The number of carbonyl (C=O) groups excluding carboxylic acids is 2. The van der Waals surface area contributed by atoms with Crippen molar-refractivity contribution >= 4 is 29.0 Å². The van der Waals surface area contributed by atoms with Crippen LogP contribution in [0.4, 0.5) is 17.2 Å². The molecule has 3 aromatic rings. The van der Waals surface area contributed by atoms with Crippen molar-refractivity contribution in [3.63, 3.8) is 0 Å². The van der Waals surface area contributed by atoms with Gasteiger partial charge in [0.25, 0.3) is 5.91 Å². The van der Waals surface area contributed by atoms with Crippen LogP contribution in [0.15, 0.2) is 36.8 Å². The second-order valence-corrected chi connectivity index (χ2v) is 7.68. The molecule has 0 atom stereocenters. The fraction of sp³-hybridized carbons (Fsp3) is 0.316. The minimum Gasteiger partial charge on any atom is -0.396 e. The van der Waals surface area contributed by atoms with Gasteiger partial charge in [-0.2, -0.15) is 10.2 Å². The molecule has 1 saturated heterocycles. The van der Waals surface area contributed by atoms with Gasteiger partial charge in [-0.05, 0) is 18.6 Å². The largest absolute Gasteiger partial charge is 0.396 e. The Morgan fingerprint density at radius 1 is 1.28 bits per heavy atom. The van der Waals surface area contributed by atoms with E-state index in [0.717, 1.165) is 6.42 Å². The van der Waals surface area contributed by atoms with Gasteiger partial charge in [0.2, 0.25) is 5.91 Å². The van der Waals surface area contributed by atoms with Crippen molar-refractivity contribution in [2.45, 2.75) is 20.3 Å². The molecule has 0 bridgehead atoms. The minimum absolute atomic E-state index is 0.0110. The standard InChI is InChI=1S/C19H22N8O2/c1-19(2)7-8-26(18(19)29)16-14(11-25(3)24-16)23-17(28)13-5-4-6-15(22-13)27-10-12(20)9-21-27/h4-6,9-11H,7-8,20H2,1-3H3,(H,23,28). The molecule has 0 radical (unpaired) electrons. The zero-order valence-electron chi connectivity index (χ0n) is 16.5. The van der Waals surface area contributed by atoms with Gasteiger partial charge in [0, 0.05) is 19.0 Å². The van der Waals surface area contributed by atoms with Gasteiger partial charge in [0.1, 0.15) is 11.4 Å². The lowest BCUT2D eigenvalue weighted by molar-refractivity contribution is -0.124. The van der Waals surface area contributed by atoms with Gasteiger partial charge in [-0.1, -0.05) is 19.9 Å². The number of nitrogens with one attached hydrogen (secondary N) is 1. The number of rotatable bonds is 4. The predicted molar refractivity (Wildman–Crippen MR) is 108 cm³/mol. The minimum atomic E-state index is -0.444. The summed E-state index contributed by atoms with van der Waals surface area (Å²) in [4.78, 5) is 31.5. The maximum absolute atomic E-state index is 12.8. The quantitative estimate of drug-likeness (QED) is 0.693. The van der Waals surface area contributed by atoms with Crippen LogP contribution in [-0.2, 0) is 11.8 Å². The molecular formula is C19H22N8O2. The molecule has 1 fully saturated rings. The van der Waals surface area contributed by atoms with Crippen LogP contribution in [0.3, 0.4) is 0 Å². The van der Waals surface area contributed by atoms with E-state index in [1.807, 2.05) is 13.8 Å². The van der Waals surface area contributed by atoms with Crippen LogP contribution in [0.1, 0.15) is 30.8 Å². The number of hydrogen-bond donors (Lipinski definition) is 2. The van der Waals surface area contributed by atoms with E-state index in [1.165, 1.54) is 10.9 Å². The van der Waals surface area contributed by atoms with E-state index in [1.54, 1.807) is 47.2 Å². The Balaban J connectivity index is 1.59. The molecule has 10 heteroatoms. The smallest absolute Gasteiger partial charge is 0.274 e. The summed E-state index contributed by atoms with van der Waals surface area (Å²) in [5, 5.41) is 11.3. The van der Waals surface area contributed by atoms with Crippen molar-refractivity contribution in [2.24, 2.45) is 12.5 Å². The lowest BCUT2D eigenvalue weighted by Gasteiger charge is -2.18. The molecule has 150 valence electrons. The topological polar surface area (TPSA) is 124 Å². The van der Waals surface area contributed by atoms with Crippen molar-refractivity contribution < 1.29 is 9.59 Å². The van der Waals surface area contributed by atoms with Crippen molar-refractivity contribution in [2.75, 3.05) is 22.5 Å². The van der Waals surface area contributed by atoms with E-state index < -0.39 is 11.3 Å². The maximum atomic E-state index is 12.8. The predicted octanol–water partition coefficient (Wildman–Crippen LogP) is 1.60. The highest BCUT2D eigenvalue weighted by atomic mass is 16.2. The molecule has 0 saturated carbocycles. The molecule has 4 rings (SSSR count). The Labute approximate surface area is 167 Å². The Bertz CT molecular complexity index is 1100. The highest BCUT2D eigenvalue weighted by molar-refractivity contribution is 6.07. The molecule has 10 nitrogen and oxygen atoms in total. The van der Waals surface area contributed by atoms with Gasteiger partial charge in [0.05, 0.1) is 24.3 Å². The van der Waals surface area contributed by atoms with Crippen LogP contribution in [0, 0.1) is 5.41 Å². The van der Waals surface area contributed by atoms with E-state index in [9.17, 15) is 9.59 Å². The molecule has 0 aromatic carbocycles. The first kappa shape index (κ1) is 18.7. The number of nitrogens with two attached hydrogens (primary N) is 1. The van der Waals surface area contributed by atoms with Crippen LogP contribution in [0.2, 0.25) is 0 Å². The zero-order chi connectivity index (χ0) is 20.8. The molecule has 2 amide bonds. The van der Waals surface area contributed by atoms with Crippen molar-refractivity contribution in [1.82, 2.24) is 24.5 Å². The first-order valence-corrected chi connectivity index (χ1v) is 9.19. The summed E-state index contributed by atoms with van der Waals surface area (Å²) in [6.07, 6.45) is 5.52. The summed E-state index contributed by atoms with van der Waals surface area (Å²) < 4.78 is 3.06. The molecule has 3 aromatic heterocycles. The van der Waals surface area contributed by atoms with Crippen molar-refractivity contribution in [3.8, 4) is 5.82 Å². The van der Waals surface area contributed by atoms with Crippen LogP contribution in [0.25, 0.3) is 5.82 Å². The monoisotopic (exact) mass is 394 g/mol. The third-order valence-electron chi connectivity index (χ3n) is 4.90. The van der Waals surface area contributed by atoms with Crippen LogP contribution in [0.5, 0.6) is 0 Å². The molecule has 0 spiro atoms. The summed E-state index contributed by atoms with van der Waals surface area (Å²) in [6, 6.07) is 5.04. The van der Waals surface area contributed by atoms with Gasteiger partial charge in [-0.15, -0.1) is 0 Å². The first-order valence-electron chi connectivity index (χ1n) is 9.19. The number of amides is 2. The Morgan fingerprint density at radius 2 is 2.07 bits per heavy atom. The molecule has 0 aliphatic carbocycles. The summed E-state index contributed by atoms with van der Waals surface area (Å²) in [6.45, 7) is 4.38. The van der Waals surface area contributed by atoms with Crippen LogP contribution in [-0.4, -0.2) is 42.9 Å². The van der Waals surface area contributed by atoms with Crippen LogP contribution < -0.4 is 16.0 Å². The maximum Gasteiger partial charge on any atom is 0.274 e. The van der Waals surface area contributed by atoms with E-state index in [0.29, 0.717) is 29.6 Å². The van der Waals surface area contributed by atoms with E-state index in [2.05, 4.69) is 20.5 Å². The van der Waals surface area contributed by atoms with Crippen LogP contribution >= 0.6 is 0 Å². The lowest BCUT2D eigenvalue weighted by Crippen LogP contribution is -2.32. The molecule has 4 heterocycles. The van der Waals surface area contributed by atoms with E-state index in [-0.39, 0.29) is 11.6 Å². The molecular weight excluding hydrogens is 372 g/mol. The summed E-state index contributed by atoms with van der Waals surface area (Å²) >= 11 is 0. The fourth-order valence-corrected chi connectivity index (χ4v) is 3.26. The second kappa shape index (κ2) is 6.73. The van der Waals surface area contributed by atoms with Gasteiger partial charge in [-0.3, -0.25) is 19.2 Å². The molecule has 29 heavy (non-hydrogen) atoms. The number of nitrogens with zero attached hydrogens (tertiary/aromatic N) is 6. The third-order valence-corrected chi connectivity index (χ3v) is 4.90. The third kappa shape index (κ3) is 3.44. The average Bonchev–Trinajstić information content (AvgIpc) is 3.34. The lowest BCUT2D eigenvalue weighted by atomic mass is 9.92. The highest BCUT2D eigenvalue weighted by Gasteiger charge is 2.41. The number of carbonyl (C=O) groups is 2. The van der Waals surface area contributed by atoms with Gasteiger partial charge >= 0.3 is 0 Å². The van der Waals surface area contributed by atoms with Crippen molar-refractivity contribution in [1.29, 1.82) is 0 Å². The molecule has 3 N–H and O–H groups in total. The number of anilines is 3. The molecule has 1 aliphatic rings.